The molecule has 21 heavy (non-hydrogen) atoms. The van der Waals surface area contributed by atoms with E-state index in [1.54, 1.807) is 7.05 Å². The SMILES string of the molecule is Cn1nnc(-c2ccc(B3OC(C)(C)C(C)(C)O3)cc2)n1. The Morgan fingerprint density at radius 1 is 1.00 bits per heavy atom. The van der Waals surface area contributed by atoms with Crippen LogP contribution in [0.4, 0.5) is 0 Å². The Kier molecular flexibility index (Phi) is 3.14. The van der Waals surface area contributed by atoms with Crippen LogP contribution in [0.15, 0.2) is 24.3 Å². The van der Waals surface area contributed by atoms with Crippen LogP contribution < -0.4 is 5.46 Å². The largest absolute Gasteiger partial charge is 0.494 e. The molecule has 3 rings (SSSR count). The van der Waals surface area contributed by atoms with Crippen LogP contribution in [0.2, 0.25) is 0 Å². The van der Waals surface area contributed by atoms with Gasteiger partial charge >= 0.3 is 7.12 Å². The quantitative estimate of drug-likeness (QED) is 0.776. The zero-order valence-electron chi connectivity index (χ0n) is 13.0. The minimum absolute atomic E-state index is 0.331. The Labute approximate surface area is 124 Å². The number of rotatable bonds is 2. The summed E-state index contributed by atoms with van der Waals surface area (Å²) < 4.78 is 12.1. The summed E-state index contributed by atoms with van der Waals surface area (Å²) in [5, 5.41) is 12.0. The fourth-order valence-corrected chi connectivity index (χ4v) is 2.17. The summed E-state index contributed by atoms with van der Waals surface area (Å²) in [5.74, 6) is 0.609. The molecule has 1 aromatic heterocycles. The Morgan fingerprint density at radius 3 is 2.05 bits per heavy atom. The first-order valence-corrected chi connectivity index (χ1v) is 6.98. The maximum absolute atomic E-state index is 6.03. The van der Waals surface area contributed by atoms with Gasteiger partial charge in [0.2, 0.25) is 5.82 Å². The molecule has 7 heteroatoms. The molecule has 0 amide bonds. The smallest absolute Gasteiger partial charge is 0.399 e. The van der Waals surface area contributed by atoms with E-state index < -0.39 is 0 Å². The normalized spacial score (nSPS) is 20.0. The van der Waals surface area contributed by atoms with E-state index in [9.17, 15) is 0 Å². The van der Waals surface area contributed by atoms with Gasteiger partial charge in [0.25, 0.3) is 0 Å². The second-order valence-electron chi connectivity index (χ2n) is 6.31. The number of nitrogens with zero attached hydrogens (tertiary/aromatic N) is 4. The van der Waals surface area contributed by atoms with E-state index in [1.807, 2.05) is 52.0 Å². The van der Waals surface area contributed by atoms with Crippen molar-refractivity contribution in [1.29, 1.82) is 0 Å². The molecule has 0 atom stereocenters. The van der Waals surface area contributed by atoms with Crippen molar-refractivity contribution in [2.75, 3.05) is 0 Å². The lowest BCUT2D eigenvalue weighted by Gasteiger charge is -2.32. The Morgan fingerprint density at radius 2 is 1.57 bits per heavy atom. The highest BCUT2D eigenvalue weighted by Crippen LogP contribution is 2.36. The van der Waals surface area contributed by atoms with E-state index in [2.05, 4.69) is 15.4 Å². The Bertz CT molecular complexity index is 635. The number of aromatic nitrogens is 4. The molecule has 110 valence electrons. The van der Waals surface area contributed by atoms with Crippen molar-refractivity contribution in [2.45, 2.75) is 38.9 Å². The third-order valence-electron chi connectivity index (χ3n) is 4.20. The van der Waals surface area contributed by atoms with Gasteiger partial charge in [-0.3, -0.25) is 0 Å². The summed E-state index contributed by atoms with van der Waals surface area (Å²) in [4.78, 5) is 1.44. The van der Waals surface area contributed by atoms with Gasteiger partial charge in [0, 0.05) is 5.56 Å². The van der Waals surface area contributed by atoms with Crippen molar-refractivity contribution in [2.24, 2.45) is 7.05 Å². The molecule has 1 aliphatic rings. The first-order chi connectivity index (χ1) is 9.78. The molecule has 6 nitrogen and oxygen atoms in total. The van der Waals surface area contributed by atoms with Gasteiger partial charge in [0.15, 0.2) is 0 Å². The fraction of sp³-hybridized carbons (Fsp3) is 0.500. The van der Waals surface area contributed by atoms with Gasteiger partial charge in [-0.1, -0.05) is 24.3 Å². The summed E-state index contributed by atoms with van der Waals surface area (Å²) in [5.41, 5.74) is 1.25. The number of benzene rings is 1. The Hall–Kier alpha value is -1.73. The summed E-state index contributed by atoms with van der Waals surface area (Å²) in [7, 11) is 1.40. The summed E-state index contributed by atoms with van der Waals surface area (Å²) in [6.07, 6.45) is 0. The highest BCUT2D eigenvalue weighted by atomic mass is 16.7. The van der Waals surface area contributed by atoms with E-state index in [-0.39, 0.29) is 18.3 Å². The lowest BCUT2D eigenvalue weighted by Crippen LogP contribution is -2.41. The molecule has 0 N–H and O–H groups in total. The minimum atomic E-state index is -0.348. The van der Waals surface area contributed by atoms with Crippen molar-refractivity contribution < 1.29 is 9.31 Å². The van der Waals surface area contributed by atoms with E-state index >= 15 is 0 Å². The number of tetrazole rings is 1. The lowest BCUT2D eigenvalue weighted by molar-refractivity contribution is 0.00578. The maximum Gasteiger partial charge on any atom is 0.494 e. The maximum atomic E-state index is 6.03. The third kappa shape index (κ3) is 2.47. The van der Waals surface area contributed by atoms with Gasteiger partial charge in [-0.05, 0) is 38.4 Å². The summed E-state index contributed by atoms with van der Waals surface area (Å²) in [6.45, 7) is 8.19. The van der Waals surface area contributed by atoms with Gasteiger partial charge in [0.05, 0.1) is 18.2 Å². The molecular weight excluding hydrogens is 267 g/mol. The van der Waals surface area contributed by atoms with E-state index in [4.69, 9.17) is 9.31 Å². The van der Waals surface area contributed by atoms with E-state index in [0.29, 0.717) is 5.82 Å². The molecule has 1 aromatic carbocycles. The topological polar surface area (TPSA) is 62.1 Å². The van der Waals surface area contributed by atoms with E-state index in [1.165, 1.54) is 4.80 Å². The average Bonchev–Trinajstić information content (AvgIpc) is 2.92. The molecule has 1 saturated heterocycles. The number of hydrogen-bond acceptors (Lipinski definition) is 5. The van der Waals surface area contributed by atoms with Crippen LogP contribution in [0.5, 0.6) is 0 Å². The van der Waals surface area contributed by atoms with Crippen LogP contribution in [0, 0.1) is 0 Å². The van der Waals surface area contributed by atoms with Crippen LogP contribution in [0.3, 0.4) is 0 Å². The first-order valence-electron chi connectivity index (χ1n) is 6.98. The van der Waals surface area contributed by atoms with Gasteiger partial charge < -0.3 is 9.31 Å². The van der Waals surface area contributed by atoms with Crippen LogP contribution in [-0.2, 0) is 16.4 Å². The molecule has 1 fully saturated rings. The highest BCUT2D eigenvalue weighted by molar-refractivity contribution is 6.62. The number of hydrogen-bond donors (Lipinski definition) is 0. The monoisotopic (exact) mass is 286 g/mol. The molecule has 0 radical (unpaired) electrons. The molecule has 0 aliphatic carbocycles. The average molecular weight is 286 g/mol. The Balaban J connectivity index is 1.83. The van der Waals surface area contributed by atoms with Gasteiger partial charge in [-0.25, -0.2) is 0 Å². The van der Waals surface area contributed by atoms with E-state index in [0.717, 1.165) is 11.0 Å². The summed E-state index contributed by atoms with van der Waals surface area (Å²) in [6, 6.07) is 7.87. The molecule has 0 spiro atoms. The zero-order chi connectivity index (χ0) is 15.3. The van der Waals surface area contributed by atoms with Crippen LogP contribution in [0.25, 0.3) is 11.4 Å². The van der Waals surface area contributed by atoms with Crippen molar-refractivity contribution >= 4 is 12.6 Å². The molecule has 2 heterocycles. The van der Waals surface area contributed by atoms with Crippen molar-refractivity contribution in [3.63, 3.8) is 0 Å². The molecule has 0 bridgehead atoms. The zero-order valence-corrected chi connectivity index (χ0v) is 13.0. The van der Waals surface area contributed by atoms with Crippen molar-refractivity contribution in [3.05, 3.63) is 24.3 Å². The predicted octanol–water partition coefficient (Wildman–Crippen LogP) is 1.18. The third-order valence-corrected chi connectivity index (χ3v) is 4.20. The highest BCUT2D eigenvalue weighted by Gasteiger charge is 2.51. The fourth-order valence-electron chi connectivity index (χ4n) is 2.17. The molecular formula is C14H19BN4O2. The minimum Gasteiger partial charge on any atom is -0.399 e. The first kappa shape index (κ1) is 14.2. The molecule has 0 unspecified atom stereocenters. The molecule has 1 aliphatic heterocycles. The number of aryl methyl sites for hydroxylation is 1. The van der Waals surface area contributed by atoms with Gasteiger partial charge in [-0.2, -0.15) is 4.80 Å². The van der Waals surface area contributed by atoms with Crippen molar-refractivity contribution in [3.8, 4) is 11.4 Å². The van der Waals surface area contributed by atoms with Crippen LogP contribution >= 0.6 is 0 Å². The van der Waals surface area contributed by atoms with Crippen molar-refractivity contribution in [1.82, 2.24) is 20.2 Å². The predicted molar refractivity (Wildman–Crippen MR) is 80.0 cm³/mol. The van der Waals surface area contributed by atoms with Gasteiger partial charge in [-0.15, -0.1) is 10.2 Å². The van der Waals surface area contributed by atoms with Crippen LogP contribution in [-0.4, -0.2) is 38.5 Å². The molecule has 0 saturated carbocycles. The molecule has 2 aromatic rings. The standard InChI is InChI=1S/C14H19BN4O2/c1-13(2)14(3,4)21-15(20-13)11-8-6-10(7-9-11)12-16-18-19(5)17-12/h6-9H,1-5H3. The van der Waals surface area contributed by atoms with Gasteiger partial charge in [0.1, 0.15) is 0 Å². The summed E-state index contributed by atoms with van der Waals surface area (Å²) >= 11 is 0. The second-order valence-corrected chi connectivity index (χ2v) is 6.31. The lowest BCUT2D eigenvalue weighted by atomic mass is 9.79. The van der Waals surface area contributed by atoms with Crippen LogP contribution in [0.1, 0.15) is 27.7 Å². The second kappa shape index (κ2) is 4.64.